The molecule has 0 radical (unpaired) electrons. The first-order chi connectivity index (χ1) is 10.2. The molecule has 1 heterocycles. The summed E-state index contributed by atoms with van der Waals surface area (Å²) in [5.41, 5.74) is 6.79. The number of methoxy groups -OCH3 is 1. The largest absolute Gasteiger partial charge is 0.497 e. The molecule has 0 fully saturated rings. The lowest BCUT2D eigenvalue weighted by atomic mass is 10.2. The number of hydrogen-bond donors (Lipinski definition) is 1. The van der Waals surface area contributed by atoms with Gasteiger partial charge in [0, 0.05) is 11.3 Å². The average molecular weight is 285 g/mol. The van der Waals surface area contributed by atoms with Gasteiger partial charge in [-0.15, -0.1) is 0 Å². The number of ether oxygens (including phenoxy) is 1. The zero-order valence-corrected chi connectivity index (χ0v) is 11.2. The van der Waals surface area contributed by atoms with Crippen molar-refractivity contribution in [3.8, 4) is 28.6 Å². The van der Waals surface area contributed by atoms with Crippen LogP contribution in [0.5, 0.6) is 5.75 Å². The van der Waals surface area contributed by atoms with Crippen molar-refractivity contribution in [3.05, 3.63) is 48.3 Å². The summed E-state index contributed by atoms with van der Waals surface area (Å²) in [4.78, 5) is 4.20. The van der Waals surface area contributed by atoms with Gasteiger partial charge < -0.3 is 15.0 Å². The third-order valence-corrected chi connectivity index (χ3v) is 2.98. The number of halogens is 1. The highest BCUT2D eigenvalue weighted by atomic mass is 19.1. The predicted octanol–water partition coefficient (Wildman–Crippen LogP) is 3.13. The first-order valence-corrected chi connectivity index (χ1v) is 6.21. The highest BCUT2D eigenvalue weighted by Gasteiger charge is 2.14. The molecule has 0 spiro atoms. The smallest absolute Gasteiger partial charge is 0.261 e. The van der Waals surface area contributed by atoms with Crippen molar-refractivity contribution in [1.82, 2.24) is 10.1 Å². The molecular formula is C15H12FN3O2. The number of hydrogen-bond acceptors (Lipinski definition) is 5. The second kappa shape index (κ2) is 5.24. The maximum Gasteiger partial charge on any atom is 0.261 e. The number of nitrogens with two attached hydrogens (primary N) is 1. The summed E-state index contributed by atoms with van der Waals surface area (Å²) in [6.07, 6.45) is 0. The monoisotopic (exact) mass is 285 g/mol. The van der Waals surface area contributed by atoms with E-state index in [9.17, 15) is 4.39 Å². The van der Waals surface area contributed by atoms with Crippen molar-refractivity contribution in [2.24, 2.45) is 0 Å². The molecule has 3 aromatic rings. The highest BCUT2D eigenvalue weighted by Crippen LogP contribution is 2.27. The summed E-state index contributed by atoms with van der Waals surface area (Å²) in [7, 11) is 1.57. The van der Waals surface area contributed by atoms with E-state index >= 15 is 0 Å². The minimum atomic E-state index is -0.504. The van der Waals surface area contributed by atoms with E-state index in [2.05, 4.69) is 10.1 Å². The Morgan fingerprint density at radius 3 is 2.81 bits per heavy atom. The van der Waals surface area contributed by atoms with Gasteiger partial charge >= 0.3 is 0 Å². The fourth-order valence-electron chi connectivity index (χ4n) is 1.92. The van der Waals surface area contributed by atoms with Crippen molar-refractivity contribution in [2.45, 2.75) is 0 Å². The number of aromatic nitrogens is 2. The number of nitrogens with zero attached hydrogens (tertiary/aromatic N) is 2. The molecule has 0 aliphatic carbocycles. The molecule has 0 aliphatic heterocycles. The fraction of sp³-hybridized carbons (Fsp3) is 0.0667. The fourth-order valence-corrected chi connectivity index (χ4v) is 1.92. The van der Waals surface area contributed by atoms with Crippen molar-refractivity contribution in [2.75, 3.05) is 12.8 Å². The molecule has 0 bridgehead atoms. The van der Waals surface area contributed by atoms with Crippen LogP contribution < -0.4 is 10.5 Å². The standard InChI is InChI=1S/C15H12FN3O2/c1-20-11-4-2-3-9(7-11)14-18-15(21-19-14)12-6-5-10(17)8-13(12)16/h2-8H,17H2,1H3. The van der Waals surface area contributed by atoms with Crippen LogP contribution in [-0.2, 0) is 0 Å². The summed E-state index contributed by atoms with van der Waals surface area (Å²) in [6, 6.07) is 11.5. The van der Waals surface area contributed by atoms with Gasteiger partial charge in [0.15, 0.2) is 0 Å². The second-order valence-corrected chi connectivity index (χ2v) is 4.39. The average Bonchev–Trinajstić information content (AvgIpc) is 2.97. The Bertz CT molecular complexity index is 786. The lowest BCUT2D eigenvalue weighted by Gasteiger charge is -2.00. The first kappa shape index (κ1) is 13.1. The Morgan fingerprint density at radius 2 is 2.05 bits per heavy atom. The highest BCUT2D eigenvalue weighted by molar-refractivity contribution is 5.63. The molecule has 0 amide bonds. The van der Waals surface area contributed by atoms with Crippen molar-refractivity contribution in [1.29, 1.82) is 0 Å². The molecule has 0 unspecified atom stereocenters. The zero-order chi connectivity index (χ0) is 14.8. The topological polar surface area (TPSA) is 74.2 Å². The summed E-state index contributed by atoms with van der Waals surface area (Å²) < 4.78 is 24.1. The van der Waals surface area contributed by atoms with E-state index in [-0.39, 0.29) is 11.5 Å². The maximum absolute atomic E-state index is 13.8. The van der Waals surface area contributed by atoms with Gasteiger partial charge in [-0.25, -0.2) is 4.39 Å². The van der Waals surface area contributed by atoms with Gasteiger partial charge in [-0.2, -0.15) is 4.98 Å². The second-order valence-electron chi connectivity index (χ2n) is 4.39. The molecule has 0 saturated heterocycles. The number of nitrogen functional groups attached to an aromatic ring is 1. The van der Waals surface area contributed by atoms with E-state index in [1.165, 1.54) is 12.1 Å². The first-order valence-electron chi connectivity index (χ1n) is 6.21. The van der Waals surface area contributed by atoms with Gasteiger partial charge in [-0.1, -0.05) is 17.3 Å². The van der Waals surface area contributed by atoms with Gasteiger partial charge in [-0.3, -0.25) is 0 Å². The molecule has 5 nitrogen and oxygen atoms in total. The number of rotatable bonds is 3. The van der Waals surface area contributed by atoms with Crippen LogP contribution in [0.15, 0.2) is 47.0 Å². The van der Waals surface area contributed by atoms with Crippen LogP contribution >= 0.6 is 0 Å². The van der Waals surface area contributed by atoms with Gasteiger partial charge in [0.2, 0.25) is 5.82 Å². The van der Waals surface area contributed by atoms with Gasteiger partial charge in [0.25, 0.3) is 5.89 Å². The molecule has 0 aliphatic rings. The lowest BCUT2D eigenvalue weighted by molar-refractivity contribution is 0.414. The SMILES string of the molecule is COc1cccc(-c2noc(-c3ccc(N)cc3F)n2)c1. The molecule has 3 rings (SSSR count). The number of benzene rings is 2. The molecule has 2 N–H and O–H groups in total. The van der Waals surface area contributed by atoms with E-state index in [0.29, 0.717) is 17.3 Å². The minimum Gasteiger partial charge on any atom is -0.497 e. The maximum atomic E-state index is 13.8. The van der Waals surface area contributed by atoms with Crippen LogP contribution in [-0.4, -0.2) is 17.3 Å². The predicted molar refractivity (Wildman–Crippen MR) is 76.1 cm³/mol. The van der Waals surface area contributed by atoms with E-state index in [4.69, 9.17) is 15.0 Å². The van der Waals surface area contributed by atoms with Gasteiger partial charge in [-0.05, 0) is 30.3 Å². The minimum absolute atomic E-state index is 0.102. The number of anilines is 1. The van der Waals surface area contributed by atoms with Crippen LogP contribution in [0.3, 0.4) is 0 Å². The quantitative estimate of drug-likeness (QED) is 0.748. The summed E-state index contributed by atoms with van der Waals surface area (Å²) in [5, 5.41) is 3.86. The summed E-state index contributed by atoms with van der Waals surface area (Å²) in [5.74, 6) is 0.638. The van der Waals surface area contributed by atoms with Crippen molar-refractivity contribution in [3.63, 3.8) is 0 Å². The van der Waals surface area contributed by atoms with Gasteiger partial charge in [0.1, 0.15) is 11.6 Å². The zero-order valence-electron chi connectivity index (χ0n) is 11.2. The summed E-state index contributed by atoms with van der Waals surface area (Å²) in [6.45, 7) is 0. The molecule has 6 heteroatoms. The molecular weight excluding hydrogens is 273 g/mol. The van der Waals surface area contributed by atoms with Gasteiger partial charge in [0.05, 0.1) is 12.7 Å². The van der Waals surface area contributed by atoms with E-state index in [1.54, 1.807) is 19.2 Å². The van der Waals surface area contributed by atoms with Crippen LogP contribution in [0.2, 0.25) is 0 Å². The van der Waals surface area contributed by atoms with Crippen LogP contribution in [0, 0.1) is 5.82 Å². The van der Waals surface area contributed by atoms with Crippen molar-refractivity contribution < 1.29 is 13.7 Å². The molecule has 21 heavy (non-hydrogen) atoms. The Hall–Kier alpha value is -2.89. The van der Waals surface area contributed by atoms with Crippen LogP contribution in [0.4, 0.5) is 10.1 Å². The third-order valence-electron chi connectivity index (χ3n) is 2.98. The molecule has 2 aromatic carbocycles. The Labute approximate surface area is 120 Å². The van der Waals surface area contributed by atoms with E-state index < -0.39 is 5.82 Å². The Kier molecular flexibility index (Phi) is 3.27. The molecule has 106 valence electrons. The van der Waals surface area contributed by atoms with Crippen LogP contribution in [0.1, 0.15) is 0 Å². The molecule has 0 saturated carbocycles. The Morgan fingerprint density at radius 1 is 1.19 bits per heavy atom. The normalized spacial score (nSPS) is 10.6. The summed E-state index contributed by atoms with van der Waals surface area (Å²) >= 11 is 0. The lowest BCUT2D eigenvalue weighted by Crippen LogP contribution is -1.89. The molecule has 1 aromatic heterocycles. The Balaban J connectivity index is 1.99. The van der Waals surface area contributed by atoms with Crippen molar-refractivity contribution >= 4 is 5.69 Å². The van der Waals surface area contributed by atoms with Crippen LogP contribution in [0.25, 0.3) is 22.8 Å². The van der Waals surface area contributed by atoms with E-state index in [1.807, 2.05) is 18.2 Å². The third kappa shape index (κ3) is 2.55. The van der Waals surface area contributed by atoms with E-state index in [0.717, 1.165) is 5.56 Å². The molecule has 0 atom stereocenters.